The standard InChI is InChI=1S/C26H35F3N4O4S/c1-15(2)37-19-6-8-23(17(11-19)13-38(35,36)16(3)4)33-10-9-22(25(33)34)32-24-20-12-18(26(27,28)29)5-7-21(20)30-14-31-24/h5,7,12,14-17,19,22-23H,6,8-11,13H2,1-4H3,(H,30,31,32)/t17-,19-,22+,23+/m1/s1. The van der Waals surface area contributed by atoms with Crippen LogP contribution in [0.15, 0.2) is 24.5 Å². The van der Waals surface area contributed by atoms with E-state index in [9.17, 15) is 26.4 Å². The Morgan fingerprint density at radius 2 is 1.87 bits per heavy atom. The fourth-order valence-corrected chi connectivity index (χ4v) is 6.81. The van der Waals surface area contributed by atoms with Crippen molar-refractivity contribution in [3.05, 3.63) is 30.1 Å². The van der Waals surface area contributed by atoms with Crippen molar-refractivity contribution in [1.82, 2.24) is 14.9 Å². The van der Waals surface area contributed by atoms with Crippen LogP contribution in [0.2, 0.25) is 0 Å². The Bertz CT molecular complexity index is 1270. The van der Waals surface area contributed by atoms with Gasteiger partial charge in [-0.1, -0.05) is 0 Å². The van der Waals surface area contributed by atoms with Crippen molar-refractivity contribution in [3.63, 3.8) is 0 Å². The van der Waals surface area contributed by atoms with Gasteiger partial charge < -0.3 is 15.0 Å². The molecular formula is C26H35F3N4O4S. The second-order valence-electron chi connectivity index (χ2n) is 10.8. The second-order valence-corrected chi connectivity index (χ2v) is 13.4. The molecule has 4 atom stereocenters. The quantitative estimate of drug-likeness (QED) is 0.513. The highest BCUT2D eigenvalue weighted by atomic mass is 32.2. The third-order valence-corrected chi connectivity index (χ3v) is 9.77. The van der Waals surface area contributed by atoms with E-state index in [4.69, 9.17) is 4.74 Å². The molecule has 1 saturated carbocycles. The van der Waals surface area contributed by atoms with Gasteiger partial charge in [-0.2, -0.15) is 13.2 Å². The van der Waals surface area contributed by atoms with E-state index in [1.807, 2.05) is 13.8 Å². The van der Waals surface area contributed by atoms with Crippen LogP contribution in [-0.2, 0) is 25.5 Å². The van der Waals surface area contributed by atoms with E-state index in [-0.39, 0.29) is 47.0 Å². The lowest BCUT2D eigenvalue weighted by Gasteiger charge is -2.41. The number of sulfone groups is 1. The summed E-state index contributed by atoms with van der Waals surface area (Å²) in [4.78, 5) is 23.5. The van der Waals surface area contributed by atoms with Crippen molar-refractivity contribution in [2.24, 2.45) is 5.92 Å². The lowest BCUT2D eigenvalue weighted by atomic mass is 9.83. The average molecular weight is 557 g/mol. The SMILES string of the molecule is CC(C)O[C@@H]1CC[C@H](N2CC[C@H](Nc3ncnc4ccc(C(F)(F)F)cc34)C2=O)[C@@H](CS(=O)(=O)C(C)C)C1. The highest BCUT2D eigenvalue weighted by Gasteiger charge is 2.44. The Kier molecular flexibility index (Phi) is 8.23. The molecule has 1 aromatic heterocycles. The van der Waals surface area contributed by atoms with Gasteiger partial charge in [-0.05, 0) is 77.5 Å². The molecule has 2 aliphatic rings. The first-order valence-electron chi connectivity index (χ1n) is 13.0. The molecule has 1 aliphatic carbocycles. The van der Waals surface area contributed by atoms with E-state index < -0.39 is 32.9 Å². The van der Waals surface area contributed by atoms with Crippen LogP contribution in [0.4, 0.5) is 19.0 Å². The van der Waals surface area contributed by atoms with Gasteiger partial charge in [0.1, 0.15) is 18.2 Å². The summed E-state index contributed by atoms with van der Waals surface area (Å²) in [6.45, 7) is 7.63. The van der Waals surface area contributed by atoms with Crippen molar-refractivity contribution < 1.29 is 31.1 Å². The van der Waals surface area contributed by atoms with Crippen LogP contribution >= 0.6 is 0 Å². The zero-order chi connectivity index (χ0) is 27.8. The maximum Gasteiger partial charge on any atom is 0.416 e. The van der Waals surface area contributed by atoms with E-state index >= 15 is 0 Å². The molecule has 1 amide bonds. The number of carbonyl (C=O) groups excluding carboxylic acids is 1. The Morgan fingerprint density at radius 3 is 2.53 bits per heavy atom. The topological polar surface area (TPSA) is 101 Å². The molecule has 2 heterocycles. The van der Waals surface area contributed by atoms with Gasteiger partial charge in [0.05, 0.1) is 34.3 Å². The van der Waals surface area contributed by atoms with Crippen molar-refractivity contribution in [2.45, 2.75) is 89.1 Å². The van der Waals surface area contributed by atoms with Crippen LogP contribution in [0.1, 0.15) is 58.9 Å². The van der Waals surface area contributed by atoms with Gasteiger partial charge in [0.15, 0.2) is 9.84 Å². The van der Waals surface area contributed by atoms with Crippen LogP contribution in [0, 0.1) is 5.92 Å². The summed E-state index contributed by atoms with van der Waals surface area (Å²) >= 11 is 0. The number of amides is 1. The number of ether oxygens (including phenoxy) is 1. The Balaban J connectivity index is 1.55. The lowest BCUT2D eigenvalue weighted by molar-refractivity contribution is -0.137. The van der Waals surface area contributed by atoms with Gasteiger partial charge in [0.2, 0.25) is 5.91 Å². The number of hydrogen-bond donors (Lipinski definition) is 1. The third-order valence-electron chi connectivity index (χ3n) is 7.44. The third kappa shape index (κ3) is 6.22. The molecule has 1 aliphatic heterocycles. The van der Waals surface area contributed by atoms with Crippen molar-refractivity contribution in [1.29, 1.82) is 0 Å². The average Bonchev–Trinajstić information content (AvgIpc) is 3.17. The summed E-state index contributed by atoms with van der Waals surface area (Å²) in [6, 6.07) is 2.29. The molecule has 0 unspecified atom stereocenters. The van der Waals surface area contributed by atoms with Crippen LogP contribution in [0.3, 0.4) is 0 Å². The summed E-state index contributed by atoms with van der Waals surface area (Å²) < 4.78 is 71.6. The number of likely N-dealkylation sites (tertiary alicyclic amines) is 1. The zero-order valence-corrected chi connectivity index (χ0v) is 22.8. The molecule has 1 N–H and O–H groups in total. The first-order chi connectivity index (χ1) is 17.8. The minimum Gasteiger partial charge on any atom is -0.376 e. The maximum atomic E-state index is 13.5. The number of aromatic nitrogens is 2. The number of nitrogens with zero attached hydrogens (tertiary/aromatic N) is 3. The van der Waals surface area contributed by atoms with Crippen LogP contribution in [-0.4, -0.2) is 71.0 Å². The van der Waals surface area contributed by atoms with Crippen molar-refractivity contribution >= 4 is 32.5 Å². The van der Waals surface area contributed by atoms with Crippen LogP contribution < -0.4 is 5.32 Å². The van der Waals surface area contributed by atoms with Gasteiger partial charge in [0, 0.05) is 18.0 Å². The first-order valence-corrected chi connectivity index (χ1v) is 14.7. The minimum absolute atomic E-state index is 0.0152. The molecule has 1 aromatic carbocycles. The van der Waals surface area contributed by atoms with E-state index in [0.717, 1.165) is 18.6 Å². The van der Waals surface area contributed by atoms with Gasteiger partial charge in [0.25, 0.3) is 0 Å². The number of nitrogens with one attached hydrogen (secondary N) is 1. The van der Waals surface area contributed by atoms with E-state index in [0.29, 0.717) is 31.3 Å². The Morgan fingerprint density at radius 1 is 1.13 bits per heavy atom. The summed E-state index contributed by atoms with van der Waals surface area (Å²) in [7, 11) is -3.35. The van der Waals surface area contributed by atoms with Gasteiger partial charge in [-0.25, -0.2) is 18.4 Å². The number of hydrogen-bond acceptors (Lipinski definition) is 7. The molecule has 8 nitrogen and oxygen atoms in total. The Labute approximate surface area is 221 Å². The lowest BCUT2D eigenvalue weighted by Crippen LogP contribution is -2.50. The molecule has 0 radical (unpaired) electrons. The van der Waals surface area contributed by atoms with E-state index in [2.05, 4.69) is 15.3 Å². The number of halogens is 3. The summed E-state index contributed by atoms with van der Waals surface area (Å²) in [6.07, 6.45) is -1.01. The van der Waals surface area contributed by atoms with E-state index in [1.54, 1.807) is 18.7 Å². The number of anilines is 1. The second kappa shape index (κ2) is 11.0. The molecular weight excluding hydrogens is 521 g/mol. The fraction of sp³-hybridized carbons (Fsp3) is 0.654. The highest BCUT2D eigenvalue weighted by molar-refractivity contribution is 7.91. The molecule has 0 spiro atoms. The van der Waals surface area contributed by atoms with Gasteiger partial charge >= 0.3 is 6.18 Å². The summed E-state index contributed by atoms with van der Waals surface area (Å²) in [5.41, 5.74) is -0.489. The van der Waals surface area contributed by atoms with Crippen LogP contribution in [0.25, 0.3) is 10.9 Å². The van der Waals surface area contributed by atoms with Gasteiger partial charge in [-0.3, -0.25) is 4.79 Å². The number of fused-ring (bicyclic) bond motifs is 1. The fourth-order valence-electron chi connectivity index (χ4n) is 5.47. The monoisotopic (exact) mass is 556 g/mol. The molecule has 12 heteroatoms. The van der Waals surface area contributed by atoms with E-state index in [1.165, 1.54) is 12.4 Å². The Hall–Kier alpha value is -2.47. The molecule has 210 valence electrons. The predicted molar refractivity (Wildman–Crippen MR) is 138 cm³/mol. The maximum absolute atomic E-state index is 13.5. The molecule has 2 fully saturated rings. The molecule has 38 heavy (non-hydrogen) atoms. The highest BCUT2D eigenvalue weighted by Crippen LogP contribution is 2.36. The number of rotatable bonds is 8. The molecule has 1 saturated heterocycles. The zero-order valence-electron chi connectivity index (χ0n) is 22.0. The predicted octanol–water partition coefficient (Wildman–Crippen LogP) is 4.45. The van der Waals surface area contributed by atoms with Crippen LogP contribution in [0.5, 0.6) is 0 Å². The number of alkyl halides is 3. The van der Waals surface area contributed by atoms with Crippen molar-refractivity contribution in [2.75, 3.05) is 17.6 Å². The molecule has 0 bridgehead atoms. The summed E-state index contributed by atoms with van der Waals surface area (Å²) in [5, 5.41) is 2.70. The summed E-state index contributed by atoms with van der Waals surface area (Å²) in [5.74, 6) is -0.332. The van der Waals surface area contributed by atoms with Gasteiger partial charge in [-0.15, -0.1) is 0 Å². The normalized spacial score (nSPS) is 25.1. The van der Waals surface area contributed by atoms with Crippen molar-refractivity contribution in [3.8, 4) is 0 Å². The molecule has 2 aromatic rings. The number of carbonyl (C=O) groups is 1. The number of benzene rings is 1. The molecule has 4 rings (SSSR count). The minimum atomic E-state index is -4.52. The smallest absolute Gasteiger partial charge is 0.376 e. The first kappa shape index (κ1) is 28.5. The largest absolute Gasteiger partial charge is 0.416 e.